The predicted molar refractivity (Wildman–Crippen MR) is 66.7 cm³/mol. The summed E-state index contributed by atoms with van der Waals surface area (Å²) in [5, 5.41) is 4.47. The van der Waals surface area contributed by atoms with Gasteiger partial charge in [-0.05, 0) is 6.42 Å². The van der Waals surface area contributed by atoms with E-state index in [0.29, 0.717) is 6.54 Å². The molecule has 1 aliphatic heterocycles. The van der Waals surface area contributed by atoms with E-state index in [9.17, 15) is 0 Å². The van der Waals surface area contributed by atoms with Gasteiger partial charge in [-0.2, -0.15) is 5.10 Å². The monoisotopic (exact) mass is 238 g/mol. The Hall–Kier alpha value is -0.910. The second kappa shape index (κ2) is 5.62. The molecule has 5 nitrogen and oxygen atoms in total. The highest BCUT2D eigenvalue weighted by Gasteiger charge is 2.20. The van der Waals surface area contributed by atoms with Crippen LogP contribution in [0.3, 0.4) is 0 Å². The molecule has 1 atom stereocenters. The number of aromatic nitrogens is 2. The number of nitrogens with zero attached hydrogens (tertiary/aromatic N) is 3. The molecule has 0 saturated carbocycles. The van der Waals surface area contributed by atoms with Gasteiger partial charge < -0.3 is 10.5 Å². The van der Waals surface area contributed by atoms with Crippen molar-refractivity contribution in [3.63, 3.8) is 0 Å². The van der Waals surface area contributed by atoms with Crippen LogP contribution in [-0.2, 0) is 24.8 Å². The lowest BCUT2D eigenvalue weighted by Crippen LogP contribution is -2.45. The molecule has 17 heavy (non-hydrogen) atoms. The quantitative estimate of drug-likeness (QED) is 0.811. The molecule has 1 aromatic heterocycles. The molecule has 1 aliphatic rings. The lowest BCUT2D eigenvalue weighted by Gasteiger charge is -2.32. The third-order valence-electron chi connectivity index (χ3n) is 3.21. The van der Waals surface area contributed by atoms with Crippen molar-refractivity contribution in [1.82, 2.24) is 14.7 Å². The summed E-state index contributed by atoms with van der Waals surface area (Å²) in [4.78, 5) is 2.40. The Kier molecular flexibility index (Phi) is 4.15. The molecule has 0 aromatic carbocycles. The van der Waals surface area contributed by atoms with Crippen molar-refractivity contribution in [3.05, 3.63) is 17.5 Å². The molecule has 0 bridgehead atoms. The van der Waals surface area contributed by atoms with E-state index in [4.69, 9.17) is 10.5 Å². The first kappa shape index (κ1) is 12.5. The second-order valence-corrected chi connectivity index (χ2v) is 4.59. The molecule has 0 spiro atoms. The van der Waals surface area contributed by atoms with Crippen LogP contribution in [0.15, 0.2) is 6.20 Å². The first-order valence-electron chi connectivity index (χ1n) is 6.28. The topological polar surface area (TPSA) is 56.3 Å². The number of rotatable bonds is 4. The summed E-state index contributed by atoms with van der Waals surface area (Å²) in [6.45, 7) is 6.39. The van der Waals surface area contributed by atoms with Crippen molar-refractivity contribution < 1.29 is 4.74 Å². The van der Waals surface area contributed by atoms with Crippen LogP contribution in [0.25, 0.3) is 0 Å². The van der Waals surface area contributed by atoms with Gasteiger partial charge >= 0.3 is 0 Å². The Bertz CT molecular complexity index is 363. The van der Waals surface area contributed by atoms with Gasteiger partial charge in [0.05, 0.1) is 18.4 Å². The SMILES string of the molecule is CCc1nn(C)cc1CN1CCOC(CN)C1. The van der Waals surface area contributed by atoms with E-state index in [1.54, 1.807) is 0 Å². The van der Waals surface area contributed by atoms with Crippen molar-refractivity contribution in [2.75, 3.05) is 26.2 Å². The normalized spacial score (nSPS) is 21.9. The standard InChI is InChI=1S/C12H22N4O/c1-3-12-10(7-15(2)14-12)8-16-4-5-17-11(6-13)9-16/h7,11H,3-6,8-9,13H2,1-2H3. The minimum Gasteiger partial charge on any atom is -0.374 e. The van der Waals surface area contributed by atoms with Crippen LogP contribution >= 0.6 is 0 Å². The van der Waals surface area contributed by atoms with E-state index in [-0.39, 0.29) is 6.10 Å². The third kappa shape index (κ3) is 3.06. The van der Waals surface area contributed by atoms with Gasteiger partial charge in [0.2, 0.25) is 0 Å². The summed E-state index contributed by atoms with van der Waals surface area (Å²) in [6.07, 6.45) is 3.29. The summed E-state index contributed by atoms with van der Waals surface area (Å²) in [5.74, 6) is 0. The number of nitrogens with two attached hydrogens (primary N) is 1. The molecule has 1 fully saturated rings. The van der Waals surface area contributed by atoms with Crippen LogP contribution in [0.4, 0.5) is 0 Å². The van der Waals surface area contributed by atoms with E-state index >= 15 is 0 Å². The fraction of sp³-hybridized carbons (Fsp3) is 0.750. The van der Waals surface area contributed by atoms with E-state index in [2.05, 4.69) is 23.1 Å². The summed E-state index contributed by atoms with van der Waals surface area (Å²) in [6, 6.07) is 0. The lowest BCUT2D eigenvalue weighted by atomic mass is 10.2. The smallest absolute Gasteiger partial charge is 0.0824 e. The van der Waals surface area contributed by atoms with Crippen molar-refractivity contribution in [3.8, 4) is 0 Å². The third-order valence-corrected chi connectivity index (χ3v) is 3.21. The van der Waals surface area contributed by atoms with Gasteiger partial charge in [-0.3, -0.25) is 9.58 Å². The summed E-state index contributed by atoms with van der Waals surface area (Å²) in [5.41, 5.74) is 8.17. The fourth-order valence-corrected chi connectivity index (χ4v) is 2.32. The molecule has 2 heterocycles. The molecule has 0 amide bonds. The highest BCUT2D eigenvalue weighted by atomic mass is 16.5. The summed E-state index contributed by atoms with van der Waals surface area (Å²) >= 11 is 0. The van der Waals surface area contributed by atoms with Gasteiger partial charge in [0.15, 0.2) is 0 Å². The van der Waals surface area contributed by atoms with Gasteiger partial charge in [0.1, 0.15) is 0 Å². The van der Waals surface area contributed by atoms with Crippen molar-refractivity contribution in [2.24, 2.45) is 12.8 Å². The maximum atomic E-state index is 5.65. The zero-order valence-corrected chi connectivity index (χ0v) is 10.7. The number of hydrogen-bond donors (Lipinski definition) is 1. The number of morpholine rings is 1. The Morgan fingerprint density at radius 2 is 2.41 bits per heavy atom. The lowest BCUT2D eigenvalue weighted by molar-refractivity contribution is -0.0261. The van der Waals surface area contributed by atoms with Crippen molar-refractivity contribution in [2.45, 2.75) is 26.0 Å². The minimum atomic E-state index is 0.186. The molecular weight excluding hydrogens is 216 g/mol. The van der Waals surface area contributed by atoms with Crippen LogP contribution in [0.2, 0.25) is 0 Å². The molecule has 0 radical (unpaired) electrons. The highest BCUT2D eigenvalue weighted by Crippen LogP contribution is 2.13. The summed E-state index contributed by atoms with van der Waals surface area (Å²) in [7, 11) is 1.98. The molecule has 1 unspecified atom stereocenters. The van der Waals surface area contributed by atoms with Gasteiger partial charge in [-0.15, -0.1) is 0 Å². The van der Waals surface area contributed by atoms with Crippen molar-refractivity contribution >= 4 is 0 Å². The molecular formula is C12H22N4O. The zero-order chi connectivity index (χ0) is 12.3. The first-order valence-corrected chi connectivity index (χ1v) is 6.28. The molecule has 1 aromatic rings. The second-order valence-electron chi connectivity index (χ2n) is 4.59. The zero-order valence-electron chi connectivity index (χ0n) is 10.7. The molecule has 2 rings (SSSR count). The molecule has 0 aliphatic carbocycles. The Labute approximate surface area is 103 Å². The predicted octanol–water partition coefficient (Wildman–Crippen LogP) is 0.142. The van der Waals surface area contributed by atoms with Crippen LogP contribution in [0.1, 0.15) is 18.2 Å². The van der Waals surface area contributed by atoms with Crippen LogP contribution in [0.5, 0.6) is 0 Å². The van der Waals surface area contributed by atoms with Crippen molar-refractivity contribution in [1.29, 1.82) is 0 Å². The number of ether oxygens (including phenoxy) is 1. The van der Waals surface area contributed by atoms with Crippen LogP contribution in [-0.4, -0.2) is 47.0 Å². The van der Waals surface area contributed by atoms with Gasteiger partial charge in [0, 0.05) is 45.0 Å². The highest BCUT2D eigenvalue weighted by molar-refractivity contribution is 5.16. The average Bonchev–Trinajstić information content (AvgIpc) is 2.69. The molecule has 2 N–H and O–H groups in total. The van der Waals surface area contributed by atoms with Gasteiger partial charge in [-0.25, -0.2) is 0 Å². The largest absolute Gasteiger partial charge is 0.374 e. The maximum Gasteiger partial charge on any atom is 0.0824 e. The average molecular weight is 238 g/mol. The first-order chi connectivity index (χ1) is 8.22. The number of aryl methyl sites for hydroxylation is 2. The Morgan fingerprint density at radius 1 is 1.59 bits per heavy atom. The Balaban J connectivity index is 1.99. The van der Waals surface area contributed by atoms with E-state index in [0.717, 1.165) is 32.7 Å². The molecule has 5 heteroatoms. The van der Waals surface area contributed by atoms with Crippen LogP contribution in [0, 0.1) is 0 Å². The Morgan fingerprint density at radius 3 is 3.12 bits per heavy atom. The molecule has 96 valence electrons. The van der Waals surface area contributed by atoms with Gasteiger partial charge in [-0.1, -0.05) is 6.92 Å². The van der Waals surface area contributed by atoms with E-state index in [1.165, 1.54) is 11.3 Å². The fourth-order valence-electron chi connectivity index (χ4n) is 2.32. The maximum absolute atomic E-state index is 5.65. The summed E-state index contributed by atoms with van der Waals surface area (Å²) < 4.78 is 7.47. The van der Waals surface area contributed by atoms with Gasteiger partial charge in [0.25, 0.3) is 0 Å². The molecule has 1 saturated heterocycles. The minimum absolute atomic E-state index is 0.186. The van der Waals surface area contributed by atoms with Crippen LogP contribution < -0.4 is 5.73 Å². The number of hydrogen-bond acceptors (Lipinski definition) is 4. The van der Waals surface area contributed by atoms with E-state index < -0.39 is 0 Å². The van der Waals surface area contributed by atoms with E-state index in [1.807, 2.05) is 11.7 Å².